The Morgan fingerprint density at radius 1 is 1.44 bits per heavy atom. The van der Waals surface area contributed by atoms with Crippen LogP contribution in [0.1, 0.15) is 19.4 Å². The molecule has 96 valence electrons. The van der Waals surface area contributed by atoms with Crippen molar-refractivity contribution in [3.63, 3.8) is 0 Å². The average Bonchev–Trinajstić information content (AvgIpc) is 2.73. The number of nitrogens with zero attached hydrogens (tertiary/aromatic N) is 2. The summed E-state index contributed by atoms with van der Waals surface area (Å²) < 4.78 is 5.65. The molecule has 0 aliphatic heterocycles. The van der Waals surface area contributed by atoms with E-state index >= 15 is 0 Å². The summed E-state index contributed by atoms with van der Waals surface area (Å²) in [6.07, 6.45) is 3.47. The van der Waals surface area contributed by atoms with Gasteiger partial charge in [0.25, 0.3) is 0 Å². The summed E-state index contributed by atoms with van der Waals surface area (Å²) >= 11 is 1.42. The molecule has 0 spiro atoms. The molecule has 2 aromatic rings. The first-order valence-electron chi connectivity index (χ1n) is 5.71. The number of anilines is 2. The average molecular weight is 264 g/mol. The third-order valence-corrected chi connectivity index (χ3v) is 2.94. The van der Waals surface area contributed by atoms with E-state index in [1.54, 1.807) is 12.4 Å². The first-order valence-corrected chi connectivity index (χ1v) is 6.52. The monoisotopic (exact) mass is 264 g/mol. The first kappa shape index (κ1) is 12.6. The van der Waals surface area contributed by atoms with E-state index in [1.807, 2.05) is 26.0 Å². The van der Waals surface area contributed by atoms with E-state index in [0.29, 0.717) is 17.4 Å². The van der Waals surface area contributed by atoms with Crippen LogP contribution in [0.15, 0.2) is 24.5 Å². The lowest BCUT2D eigenvalue weighted by atomic mass is 10.2. The predicted molar refractivity (Wildman–Crippen MR) is 73.9 cm³/mol. The van der Waals surface area contributed by atoms with Crippen molar-refractivity contribution in [2.45, 2.75) is 26.5 Å². The Bertz CT molecular complexity index is 512. The SMILES string of the molecule is CC(C)Oc1ncccc1CNc1ncc(N)s1. The fourth-order valence-corrected chi connectivity index (χ4v) is 2.01. The maximum Gasteiger partial charge on any atom is 0.218 e. The van der Waals surface area contributed by atoms with E-state index in [2.05, 4.69) is 15.3 Å². The van der Waals surface area contributed by atoms with Crippen molar-refractivity contribution in [1.82, 2.24) is 9.97 Å². The number of aromatic nitrogens is 2. The zero-order valence-corrected chi connectivity index (χ0v) is 11.2. The number of pyridine rings is 1. The molecule has 3 N–H and O–H groups in total. The van der Waals surface area contributed by atoms with E-state index in [9.17, 15) is 0 Å². The smallest absolute Gasteiger partial charge is 0.218 e. The quantitative estimate of drug-likeness (QED) is 0.868. The summed E-state index contributed by atoms with van der Waals surface area (Å²) in [5, 5.41) is 4.70. The molecule has 0 aliphatic rings. The van der Waals surface area contributed by atoms with E-state index < -0.39 is 0 Å². The maximum atomic E-state index is 5.65. The van der Waals surface area contributed by atoms with Crippen LogP contribution in [0, 0.1) is 0 Å². The predicted octanol–water partition coefficient (Wildman–Crippen LogP) is 2.52. The number of thiazole rings is 1. The second-order valence-corrected chi connectivity index (χ2v) is 5.12. The minimum atomic E-state index is 0.106. The molecule has 2 heterocycles. The van der Waals surface area contributed by atoms with Gasteiger partial charge in [0.05, 0.1) is 12.3 Å². The molecule has 0 radical (unpaired) electrons. The molecular weight excluding hydrogens is 248 g/mol. The zero-order chi connectivity index (χ0) is 13.0. The lowest BCUT2D eigenvalue weighted by Crippen LogP contribution is -2.10. The molecule has 18 heavy (non-hydrogen) atoms. The molecule has 0 fully saturated rings. The molecule has 2 aromatic heterocycles. The molecule has 0 amide bonds. The molecule has 0 saturated heterocycles. The third-order valence-electron chi connectivity index (χ3n) is 2.15. The number of nitrogen functional groups attached to an aromatic ring is 1. The van der Waals surface area contributed by atoms with Gasteiger partial charge in [-0.2, -0.15) is 0 Å². The van der Waals surface area contributed by atoms with Crippen molar-refractivity contribution in [3.8, 4) is 5.88 Å². The van der Waals surface area contributed by atoms with Gasteiger partial charge in [0.1, 0.15) is 5.00 Å². The topological polar surface area (TPSA) is 73.1 Å². The fraction of sp³-hybridized carbons (Fsp3) is 0.333. The first-order chi connectivity index (χ1) is 8.65. The van der Waals surface area contributed by atoms with Crippen LogP contribution < -0.4 is 15.8 Å². The van der Waals surface area contributed by atoms with Crippen molar-refractivity contribution in [2.24, 2.45) is 0 Å². The number of nitrogens with two attached hydrogens (primary N) is 1. The number of ether oxygens (including phenoxy) is 1. The van der Waals surface area contributed by atoms with Crippen LogP contribution in [0.5, 0.6) is 5.88 Å². The van der Waals surface area contributed by atoms with Gasteiger partial charge in [0.2, 0.25) is 5.88 Å². The Morgan fingerprint density at radius 3 is 2.94 bits per heavy atom. The molecule has 0 saturated carbocycles. The second kappa shape index (κ2) is 5.68. The molecule has 0 aromatic carbocycles. The van der Waals surface area contributed by atoms with Crippen LogP contribution in [0.4, 0.5) is 10.1 Å². The highest BCUT2D eigenvalue weighted by Crippen LogP contribution is 2.22. The summed E-state index contributed by atoms with van der Waals surface area (Å²) in [7, 11) is 0. The van der Waals surface area contributed by atoms with Crippen LogP contribution in [-0.2, 0) is 6.54 Å². The second-order valence-electron chi connectivity index (χ2n) is 4.06. The van der Waals surface area contributed by atoms with Gasteiger partial charge in [-0.25, -0.2) is 9.97 Å². The van der Waals surface area contributed by atoms with Crippen molar-refractivity contribution in [1.29, 1.82) is 0 Å². The normalized spacial score (nSPS) is 10.6. The van der Waals surface area contributed by atoms with Crippen LogP contribution in [-0.4, -0.2) is 16.1 Å². The van der Waals surface area contributed by atoms with Gasteiger partial charge < -0.3 is 15.8 Å². The van der Waals surface area contributed by atoms with Gasteiger partial charge in [-0.3, -0.25) is 0 Å². The summed E-state index contributed by atoms with van der Waals surface area (Å²) in [6, 6.07) is 3.87. The maximum absolute atomic E-state index is 5.65. The molecule has 0 bridgehead atoms. The minimum Gasteiger partial charge on any atom is -0.475 e. The Hall–Kier alpha value is -1.82. The number of hydrogen-bond acceptors (Lipinski definition) is 6. The molecule has 6 heteroatoms. The van der Waals surface area contributed by atoms with Crippen LogP contribution in [0.25, 0.3) is 0 Å². The van der Waals surface area contributed by atoms with Gasteiger partial charge >= 0.3 is 0 Å². The van der Waals surface area contributed by atoms with Gasteiger partial charge in [-0.05, 0) is 19.9 Å². The Balaban J connectivity index is 2.04. The van der Waals surface area contributed by atoms with Crippen molar-refractivity contribution in [2.75, 3.05) is 11.1 Å². The largest absolute Gasteiger partial charge is 0.475 e. The highest BCUT2D eigenvalue weighted by molar-refractivity contribution is 7.19. The molecule has 5 nitrogen and oxygen atoms in total. The molecule has 0 atom stereocenters. The summed E-state index contributed by atoms with van der Waals surface area (Å²) in [5.41, 5.74) is 6.62. The van der Waals surface area contributed by atoms with Crippen LogP contribution >= 0.6 is 11.3 Å². The molecular formula is C12H16N4OS. The number of nitrogens with one attached hydrogen (secondary N) is 1. The zero-order valence-electron chi connectivity index (χ0n) is 10.4. The van der Waals surface area contributed by atoms with Crippen LogP contribution in [0.3, 0.4) is 0 Å². The van der Waals surface area contributed by atoms with Crippen LogP contribution in [0.2, 0.25) is 0 Å². The number of hydrogen-bond donors (Lipinski definition) is 2. The van der Waals surface area contributed by atoms with E-state index in [-0.39, 0.29) is 6.10 Å². The third kappa shape index (κ3) is 3.33. The minimum absolute atomic E-state index is 0.106. The summed E-state index contributed by atoms with van der Waals surface area (Å²) in [5.74, 6) is 0.657. The van der Waals surface area contributed by atoms with Gasteiger partial charge in [0, 0.05) is 18.3 Å². The fourth-order valence-electron chi connectivity index (χ4n) is 1.43. The van der Waals surface area contributed by atoms with Crippen molar-refractivity contribution < 1.29 is 4.74 Å². The highest BCUT2D eigenvalue weighted by Gasteiger charge is 2.07. The van der Waals surface area contributed by atoms with Gasteiger partial charge in [-0.1, -0.05) is 17.4 Å². The Morgan fingerprint density at radius 2 is 2.28 bits per heavy atom. The standard InChI is InChI=1S/C12H16N4OS/c1-8(2)17-11-9(4-3-5-14-11)6-15-12-16-7-10(13)18-12/h3-5,7-8H,6,13H2,1-2H3,(H,15,16). The van der Waals surface area contributed by atoms with E-state index in [4.69, 9.17) is 10.5 Å². The lowest BCUT2D eigenvalue weighted by molar-refractivity contribution is 0.230. The van der Waals surface area contributed by atoms with Crippen molar-refractivity contribution in [3.05, 3.63) is 30.1 Å². The lowest BCUT2D eigenvalue weighted by Gasteiger charge is -2.12. The molecule has 0 unspecified atom stereocenters. The van der Waals surface area contributed by atoms with Gasteiger partial charge in [0.15, 0.2) is 5.13 Å². The Labute approximate surface area is 110 Å². The summed E-state index contributed by atoms with van der Waals surface area (Å²) in [6.45, 7) is 4.57. The van der Waals surface area contributed by atoms with E-state index in [0.717, 1.165) is 10.7 Å². The van der Waals surface area contributed by atoms with E-state index in [1.165, 1.54) is 11.3 Å². The van der Waals surface area contributed by atoms with Crippen molar-refractivity contribution >= 4 is 21.5 Å². The molecule has 0 aliphatic carbocycles. The Kier molecular flexibility index (Phi) is 3.99. The highest BCUT2D eigenvalue weighted by atomic mass is 32.1. The van der Waals surface area contributed by atoms with Gasteiger partial charge in [-0.15, -0.1) is 0 Å². The summed E-state index contributed by atoms with van der Waals surface area (Å²) in [4.78, 5) is 8.38. The molecule has 2 rings (SSSR count). The number of rotatable bonds is 5.